The van der Waals surface area contributed by atoms with Gasteiger partial charge in [0.25, 0.3) is 0 Å². The minimum Gasteiger partial charge on any atom is -0.481 e. The van der Waals surface area contributed by atoms with E-state index in [1.807, 2.05) is 60.4 Å². The van der Waals surface area contributed by atoms with Gasteiger partial charge in [0.1, 0.15) is 0 Å². The van der Waals surface area contributed by atoms with Crippen molar-refractivity contribution in [1.29, 1.82) is 0 Å². The standard InChI is InChI=1S/C21H21NO3/c1-14-18-9-5-4-8-17(18)13-22(14)19(23)12-21(20(24)25)10-15-6-2-3-7-16(15)11-21/h2-9,14H,10-13H2,1H3,(H,24,25)/t14-/m0/s1. The normalized spacial score (nSPS) is 20.2. The predicted molar refractivity (Wildman–Crippen MR) is 93.9 cm³/mol. The third-order valence-corrected chi connectivity index (χ3v) is 5.75. The molecule has 4 rings (SSSR count). The third-order valence-electron chi connectivity index (χ3n) is 5.75. The first-order valence-corrected chi connectivity index (χ1v) is 8.68. The Kier molecular flexibility index (Phi) is 3.64. The molecule has 0 aromatic heterocycles. The number of nitrogens with zero attached hydrogens (tertiary/aromatic N) is 1. The van der Waals surface area contributed by atoms with E-state index in [0.717, 1.165) is 22.3 Å². The van der Waals surface area contributed by atoms with Gasteiger partial charge < -0.3 is 10.0 Å². The lowest BCUT2D eigenvalue weighted by molar-refractivity contribution is -0.153. The lowest BCUT2D eigenvalue weighted by Gasteiger charge is -2.28. The van der Waals surface area contributed by atoms with Crippen molar-refractivity contribution in [2.45, 2.75) is 38.8 Å². The van der Waals surface area contributed by atoms with Crippen LogP contribution in [0.25, 0.3) is 0 Å². The van der Waals surface area contributed by atoms with Crippen LogP contribution in [0.1, 0.15) is 41.6 Å². The summed E-state index contributed by atoms with van der Waals surface area (Å²) in [6.45, 7) is 2.58. The van der Waals surface area contributed by atoms with Crippen molar-refractivity contribution in [3.63, 3.8) is 0 Å². The molecule has 0 saturated carbocycles. The molecule has 1 aliphatic carbocycles. The van der Waals surface area contributed by atoms with E-state index in [4.69, 9.17) is 0 Å². The van der Waals surface area contributed by atoms with Crippen LogP contribution < -0.4 is 0 Å². The second-order valence-electron chi connectivity index (χ2n) is 7.28. The number of hydrogen-bond donors (Lipinski definition) is 1. The molecule has 1 aliphatic heterocycles. The van der Waals surface area contributed by atoms with Crippen molar-refractivity contribution in [3.8, 4) is 0 Å². The molecule has 128 valence electrons. The summed E-state index contributed by atoms with van der Waals surface area (Å²) >= 11 is 0. The lowest BCUT2D eigenvalue weighted by Crippen LogP contribution is -2.39. The number of fused-ring (bicyclic) bond motifs is 2. The molecule has 4 heteroatoms. The average molecular weight is 335 g/mol. The van der Waals surface area contributed by atoms with Crippen LogP contribution in [0.4, 0.5) is 0 Å². The molecule has 25 heavy (non-hydrogen) atoms. The van der Waals surface area contributed by atoms with Gasteiger partial charge in [-0.05, 0) is 42.0 Å². The summed E-state index contributed by atoms with van der Waals surface area (Å²) in [6.07, 6.45) is 0.911. The summed E-state index contributed by atoms with van der Waals surface area (Å²) in [4.78, 5) is 26.9. The molecule has 0 saturated heterocycles. The summed E-state index contributed by atoms with van der Waals surface area (Å²) in [5, 5.41) is 9.90. The Hall–Kier alpha value is -2.62. The van der Waals surface area contributed by atoms with E-state index >= 15 is 0 Å². The summed E-state index contributed by atoms with van der Waals surface area (Å²) in [5.74, 6) is -0.944. The zero-order valence-corrected chi connectivity index (χ0v) is 14.2. The van der Waals surface area contributed by atoms with Gasteiger partial charge in [0.15, 0.2) is 0 Å². The van der Waals surface area contributed by atoms with Crippen molar-refractivity contribution in [2.24, 2.45) is 5.41 Å². The number of rotatable bonds is 3. The minimum atomic E-state index is -1.02. The highest BCUT2D eigenvalue weighted by atomic mass is 16.4. The second-order valence-corrected chi connectivity index (χ2v) is 7.28. The Morgan fingerprint density at radius 3 is 2.16 bits per heavy atom. The van der Waals surface area contributed by atoms with Crippen LogP contribution in [0, 0.1) is 5.41 Å². The SMILES string of the molecule is C[C@H]1c2ccccc2CN1C(=O)CC1(C(=O)O)Cc2ccccc2C1. The smallest absolute Gasteiger partial charge is 0.310 e. The van der Waals surface area contributed by atoms with Gasteiger partial charge in [-0.2, -0.15) is 0 Å². The molecule has 4 nitrogen and oxygen atoms in total. The molecule has 0 bridgehead atoms. The van der Waals surface area contributed by atoms with Crippen LogP contribution in [0.5, 0.6) is 0 Å². The average Bonchev–Trinajstić information content (AvgIpc) is 3.14. The highest BCUT2D eigenvalue weighted by Crippen LogP contribution is 2.42. The van der Waals surface area contributed by atoms with E-state index in [2.05, 4.69) is 0 Å². The third kappa shape index (κ3) is 2.53. The van der Waals surface area contributed by atoms with Crippen LogP contribution >= 0.6 is 0 Å². The van der Waals surface area contributed by atoms with Gasteiger partial charge in [-0.1, -0.05) is 48.5 Å². The molecular formula is C21H21NO3. The number of carboxylic acid groups (broad SMARTS) is 1. The molecule has 0 spiro atoms. The zero-order valence-electron chi connectivity index (χ0n) is 14.2. The first-order chi connectivity index (χ1) is 12.0. The molecule has 2 aliphatic rings. The molecule has 1 atom stereocenters. The van der Waals surface area contributed by atoms with Crippen LogP contribution in [0.15, 0.2) is 48.5 Å². The van der Waals surface area contributed by atoms with Crippen molar-refractivity contribution in [2.75, 3.05) is 0 Å². The van der Waals surface area contributed by atoms with E-state index in [1.165, 1.54) is 0 Å². The number of carbonyl (C=O) groups excluding carboxylic acids is 1. The monoisotopic (exact) mass is 335 g/mol. The zero-order chi connectivity index (χ0) is 17.6. The maximum Gasteiger partial charge on any atom is 0.310 e. The summed E-state index contributed by atoms with van der Waals surface area (Å²) in [7, 11) is 0. The largest absolute Gasteiger partial charge is 0.481 e. The molecular weight excluding hydrogens is 314 g/mol. The van der Waals surface area contributed by atoms with Gasteiger partial charge in [0, 0.05) is 13.0 Å². The predicted octanol–water partition coefficient (Wildman–Crippen LogP) is 3.35. The number of hydrogen-bond acceptors (Lipinski definition) is 2. The Bertz CT molecular complexity index is 833. The van der Waals surface area contributed by atoms with E-state index in [9.17, 15) is 14.7 Å². The van der Waals surface area contributed by atoms with E-state index < -0.39 is 11.4 Å². The van der Waals surface area contributed by atoms with Crippen LogP contribution in [0.3, 0.4) is 0 Å². The van der Waals surface area contributed by atoms with Gasteiger partial charge in [0.2, 0.25) is 5.91 Å². The van der Waals surface area contributed by atoms with Crippen LogP contribution in [-0.4, -0.2) is 21.9 Å². The maximum atomic E-state index is 13.0. The second kappa shape index (κ2) is 5.73. The highest BCUT2D eigenvalue weighted by Gasteiger charge is 2.47. The summed E-state index contributed by atoms with van der Waals surface area (Å²) in [6, 6.07) is 15.8. The first kappa shape index (κ1) is 15.9. The van der Waals surface area contributed by atoms with Gasteiger partial charge >= 0.3 is 5.97 Å². The Labute approximate surface area is 147 Å². The van der Waals surface area contributed by atoms with Crippen molar-refractivity contribution in [3.05, 3.63) is 70.8 Å². The van der Waals surface area contributed by atoms with Gasteiger partial charge in [0.05, 0.1) is 11.5 Å². The van der Waals surface area contributed by atoms with Crippen molar-refractivity contribution in [1.82, 2.24) is 4.90 Å². The first-order valence-electron chi connectivity index (χ1n) is 8.68. The summed E-state index contributed by atoms with van der Waals surface area (Å²) < 4.78 is 0. The molecule has 1 N–H and O–H groups in total. The van der Waals surface area contributed by atoms with Crippen molar-refractivity contribution >= 4 is 11.9 Å². The minimum absolute atomic E-state index is 0.00155. The Morgan fingerprint density at radius 1 is 1.04 bits per heavy atom. The number of benzene rings is 2. The highest BCUT2D eigenvalue weighted by molar-refractivity contribution is 5.87. The van der Waals surface area contributed by atoms with Crippen LogP contribution in [-0.2, 0) is 29.0 Å². The maximum absolute atomic E-state index is 13.0. The summed E-state index contributed by atoms with van der Waals surface area (Å²) in [5.41, 5.74) is 3.40. The van der Waals surface area contributed by atoms with Crippen LogP contribution in [0.2, 0.25) is 0 Å². The number of aliphatic carboxylic acids is 1. The molecule has 0 unspecified atom stereocenters. The number of carboxylic acids is 1. The number of carbonyl (C=O) groups is 2. The lowest BCUT2D eigenvalue weighted by atomic mass is 9.81. The molecule has 0 fully saturated rings. The topological polar surface area (TPSA) is 57.6 Å². The molecule has 1 heterocycles. The Morgan fingerprint density at radius 2 is 1.60 bits per heavy atom. The van der Waals surface area contributed by atoms with E-state index in [1.54, 1.807) is 0 Å². The van der Waals surface area contributed by atoms with Gasteiger partial charge in [-0.3, -0.25) is 9.59 Å². The molecule has 1 amide bonds. The Balaban J connectivity index is 1.57. The fraction of sp³-hybridized carbons (Fsp3) is 0.333. The molecule has 2 aromatic rings. The van der Waals surface area contributed by atoms with Crippen molar-refractivity contribution < 1.29 is 14.7 Å². The fourth-order valence-electron chi connectivity index (χ4n) is 4.32. The van der Waals surface area contributed by atoms with Gasteiger partial charge in [-0.15, -0.1) is 0 Å². The quantitative estimate of drug-likeness (QED) is 0.936. The van der Waals surface area contributed by atoms with Gasteiger partial charge in [-0.25, -0.2) is 0 Å². The van der Waals surface area contributed by atoms with E-state index in [0.29, 0.717) is 19.4 Å². The number of amides is 1. The van der Waals surface area contributed by atoms with E-state index in [-0.39, 0.29) is 18.4 Å². The molecule has 2 aromatic carbocycles. The molecule has 0 radical (unpaired) electrons. The fourth-order valence-corrected chi connectivity index (χ4v) is 4.32.